The summed E-state index contributed by atoms with van der Waals surface area (Å²) in [5.41, 5.74) is 2.26. The summed E-state index contributed by atoms with van der Waals surface area (Å²) in [5, 5.41) is 15.9. The summed E-state index contributed by atoms with van der Waals surface area (Å²) in [6.45, 7) is 3.45. The Bertz CT molecular complexity index is 1040. The van der Waals surface area contributed by atoms with Crippen molar-refractivity contribution in [3.8, 4) is 17.0 Å². The number of anilines is 3. The zero-order valence-electron chi connectivity index (χ0n) is 16.7. The molecule has 2 aromatic carbocycles. The number of hydrogen-bond donors (Lipinski definition) is 3. The van der Waals surface area contributed by atoms with E-state index in [2.05, 4.69) is 25.3 Å². The van der Waals surface area contributed by atoms with Crippen molar-refractivity contribution in [2.75, 3.05) is 17.2 Å². The molecule has 1 atom stereocenters. The predicted octanol–water partition coefficient (Wildman–Crippen LogP) is 5.54. The molecule has 1 aromatic heterocycles. The number of aryl methyl sites for hydroxylation is 1. The van der Waals surface area contributed by atoms with E-state index in [9.17, 15) is 18.3 Å². The lowest BCUT2D eigenvalue weighted by molar-refractivity contribution is -0.274. The Morgan fingerprint density at radius 3 is 2.55 bits per heavy atom. The highest BCUT2D eigenvalue weighted by atomic mass is 35.5. The van der Waals surface area contributed by atoms with Crippen LogP contribution in [-0.2, 0) is 0 Å². The Hall–Kier alpha value is -3.04. The van der Waals surface area contributed by atoms with E-state index < -0.39 is 6.36 Å². The fourth-order valence-electron chi connectivity index (χ4n) is 2.76. The van der Waals surface area contributed by atoms with Crippen molar-refractivity contribution >= 4 is 29.1 Å². The smallest absolute Gasteiger partial charge is 0.406 e. The fourth-order valence-corrected chi connectivity index (χ4v) is 3.03. The van der Waals surface area contributed by atoms with Crippen LogP contribution in [0.15, 0.2) is 48.5 Å². The molecule has 0 unspecified atom stereocenters. The van der Waals surface area contributed by atoms with Gasteiger partial charge in [0.15, 0.2) is 0 Å². The summed E-state index contributed by atoms with van der Waals surface area (Å²) < 4.78 is 41.8. The van der Waals surface area contributed by atoms with Crippen molar-refractivity contribution in [3.63, 3.8) is 0 Å². The highest BCUT2D eigenvalue weighted by Gasteiger charge is 2.31. The van der Waals surface area contributed by atoms with E-state index in [1.807, 2.05) is 19.1 Å². The summed E-state index contributed by atoms with van der Waals surface area (Å²) in [6, 6.07) is 12.1. The predicted molar refractivity (Wildman–Crippen MR) is 114 cm³/mol. The maximum Gasteiger partial charge on any atom is 0.573 e. The number of rotatable bonds is 7. The topological polar surface area (TPSA) is 79.3 Å². The Morgan fingerprint density at radius 2 is 1.87 bits per heavy atom. The molecule has 0 radical (unpaired) electrons. The second kappa shape index (κ2) is 9.40. The minimum Gasteiger partial charge on any atom is -0.406 e. The van der Waals surface area contributed by atoms with E-state index in [1.165, 1.54) is 18.2 Å². The number of halogens is 4. The Kier molecular flexibility index (Phi) is 6.87. The third-order valence-electron chi connectivity index (χ3n) is 4.21. The molecule has 10 heteroatoms. The molecule has 0 aliphatic heterocycles. The molecule has 164 valence electrons. The molecule has 6 nitrogen and oxygen atoms in total. The average molecular weight is 453 g/mol. The van der Waals surface area contributed by atoms with Gasteiger partial charge in [-0.2, -0.15) is 4.98 Å². The van der Waals surface area contributed by atoms with E-state index in [0.717, 1.165) is 5.56 Å². The minimum atomic E-state index is -4.80. The van der Waals surface area contributed by atoms with Crippen LogP contribution in [0, 0.1) is 6.92 Å². The van der Waals surface area contributed by atoms with Gasteiger partial charge in [0.05, 0.1) is 23.0 Å². The van der Waals surface area contributed by atoms with Gasteiger partial charge in [0, 0.05) is 17.7 Å². The summed E-state index contributed by atoms with van der Waals surface area (Å²) in [5.74, 6) is 0.197. The van der Waals surface area contributed by atoms with E-state index >= 15 is 0 Å². The summed E-state index contributed by atoms with van der Waals surface area (Å²) >= 11 is 6.29. The number of aromatic nitrogens is 2. The minimum absolute atomic E-state index is 0.158. The number of para-hydroxylation sites is 1. The quantitative estimate of drug-likeness (QED) is 0.437. The summed E-state index contributed by atoms with van der Waals surface area (Å²) in [7, 11) is 0. The number of hydrogen-bond acceptors (Lipinski definition) is 6. The summed E-state index contributed by atoms with van der Waals surface area (Å²) in [6.07, 6.45) is -4.80. The molecule has 0 aliphatic carbocycles. The number of nitrogens with zero attached hydrogens (tertiary/aromatic N) is 2. The number of alkyl halides is 3. The number of aliphatic hydroxyl groups is 1. The van der Waals surface area contributed by atoms with Crippen molar-refractivity contribution in [2.45, 2.75) is 26.3 Å². The second-order valence-electron chi connectivity index (χ2n) is 6.82. The SMILES string of the molecule is Cc1cccc(Cl)c1Nc1cc(-c2cccc(OC(F)(F)F)c2)nc(N[C@H](C)CO)n1. The van der Waals surface area contributed by atoms with Gasteiger partial charge in [-0.15, -0.1) is 13.2 Å². The molecule has 0 fully saturated rings. The Morgan fingerprint density at radius 1 is 1.13 bits per heavy atom. The van der Waals surface area contributed by atoms with Crippen molar-refractivity contribution < 1.29 is 23.0 Å². The van der Waals surface area contributed by atoms with Gasteiger partial charge >= 0.3 is 6.36 Å². The number of aliphatic hydroxyl groups excluding tert-OH is 1. The first-order valence-corrected chi connectivity index (χ1v) is 9.67. The van der Waals surface area contributed by atoms with Crippen LogP contribution in [0.4, 0.5) is 30.6 Å². The van der Waals surface area contributed by atoms with Gasteiger partial charge in [-0.05, 0) is 37.6 Å². The zero-order chi connectivity index (χ0) is 22.6. The van der Waals surface area contributed by atoms with Crippen LogP contribution in [0.3, 0.4) is 0 Å². The van der Waals surface area contributed by atoms with Crippen molar-refractivity contribution in [2.24, 2.45) is 0 Å². The molecule has 0 spiro atoms. The van der Waals surface area contributed by atoms with Gasteiger partial charge in [-0.25, -0.2) is 4.98 Å². The highest BCUT2D eigenvalue weighted by Crippen LogP contribution is 2.32. The van der Waals surface area contributed by atoms with E-state index in [0.29, 0.717) is 27.8 Å². The third kappa shape index (κ3) is 6.22. The van der Waals surface area contributed by atoms with Gasteiger partial charge in [0.2, 0.25) is 5.95 Å². The second-order valence-corrected chi connectivity index (χ2v) is 7.23. The molecule has 0 amide bonds. The van der Waals surface area contributed by atoms with Crippen molar-refractivity contribution in [1.29, 1.82) is 0 Å². The first-order chi connectivity index (χ1) is 14.6. The van der Waals surface area contributed by atoms with Crippen LogP contribution >= 0.6 is 11.6 Å². The third-order valence-corrected chi connectivity index (χ3v) is 4.53. The lowest BCUT2D eigenvalue weighted by atomic mass is 10.1. The molecule has 0 saturated carbocycles. The molecular formula is C21H20ClF3N4O2. The van der Waals surface area contributed by atoms with E-state index in [1.54, 1.807) is 25.1 Å². The first kappa shape index (κ1) is 22.6. The highest BCUT2D eigenvalue weighted by molar-refractivity contribution is 6.33. The molecular weight excluding hydrogens is 433 g/mol. The Labute approximate surface area is 182 Å². The van der Waals surface area contributed by atoms with Crippen LogP contribution in [-0.4, -0.2) is 34.1 Å². The van der Waals surface area contributed by atoms with Gasteiger partial charge in [-0.1, -0.05) is 35.9 Å². The molecule has 1 heterocycles. The molecule has 0 aliphatic rings. The van der Waals surface area contributed by atoms with Crippen LogP contribution < -0.4 is 15.4 Å². The molecule has 0 bridgehead atoms. The van der Waals surface area contributed by atoms with Gasteiger partial charge in [-0.3, -0.25) is 0 Å². The van der Waals surface area contributed by atoms with Crippen LogP contribution in [0.1, 0.15) is 12.5 Å². The standard InChI is InChI=1S/C21H20ClF3N4O2/c1-12-5-3-8-16(22)19(12)28-18-10-17(27-20(29-18)26-13(2)11-30)14-6-4-7-15(9-14)31-21(23,24)25/h3-10,13,30H,11H2,1-2H3,(H2,26,27,28,29)/t13-/m1/s1. The fraction of sp³-hybridized carbons (Fsp3) is 0.238. The molecule has 3 N–H and O–H groups in total. The van der Waals surface area contributed by atoms with Crippen LogP contribution in [0.2, 0.25) is 5.02 Å². The van der Waals surface area contributed by atoms with Crippen LogP contribution in [0.5, 0.6) is 5.75 Å². The van der Waals surface area contributed by atoms with Crippen molar-refractivity contribution in [3.05, 3.63) is 59.1 Å². The lowest BCUT2D eigenvalue weighted by Crippen LogP contribution is -2.21. The maximum atomic E-state index is 12.6. The van der Waals surface area contributed by atoms with Crippen molar-refractivity contribution in [1.82, 2.24) is 9.97 Å². The number of benzene rings is 2. The normalized spacial score (nSPS) is 12.4. The average Bonchev–Trinajstić information content (AvgIpc) is 2.69. The molecule has 3 aromatic rings. The molecule has 3 rings (SSSR count). The lowest BCUT2D eigenvalue weighted by Gasteiger charge is -2.16. The summed E-state index contributed by atoms with van der Waals surface area (Å²) in [4.78, 5) is 8.76. The maximum absolute atomic E-state index is 12.6. The van der Waals surface area contributed by atoms with E-state index in [-0.39, 0.29) is 24.3 Å². The molecule has 31 heavy (non-hydrogen) atoms. The van der Waals surface area contributed by atoms with Gasteiger partial charge in [0.1, 0.15) is 11.6 Å². The first-order valence-electron chi connectivity index (χ1n) is 9.29. The Balaban J connectivity index is 2.03. The molecule has 0 saturated heterocycles. The van der Waals surface area contributed by atoms with Crippen LogP contribution in [0.25, 0.3) is 11.3 Å². The van der Waals surface area contributed by atoms with E-state index in [4.69, 9.17) is 11.6 Å². The number of nitrogens with one attached hydrogen (secondary N) is 2. The largest absolute Gasteiger partial charge is 0.573 e. The monoisotopic (exact) mass is 452 g/mol. The zero-order valence-corrected chi connectivity index (χ0v) is 17.4. The van der Waals surface area contributed by atoms with Gasteiger partial charge < -0.3 is 20.5 Å². The number of ether oxygens (including phenoxy) is 1. The van der Waals surface area contributed by atoms with Gasteiger partial charge in [0.25, 0.3) is 0 Å².